The normalized spacial score (nSPS) is 9.00. The van der Waals surface area contributed by atoms with Crippen molar-refractivity contribution in [3.05, 3.63) is 54.2 Å². The Hall–Kier alpha value is -1.57. The number of nitrogens with zero attached hydrogens (tertiary/aromatic N) is 1. The summed E-state index contributed by atoms with van der Waals surface area (Å²) in [5.41, 5.74) is 1.22. The zero-order valence-electron chi connectivity index (χ0n) is 8.60. The van der Waals surface area contributed by atoms with Crippen LogP contribution in [0.1, 0.15) is 25.3 Å². The molecule has 1 aromatic carbocycles. The molecule has 0 unspecified atom stereocenters. The zero-order valence-corrected chi connectivity index (χ0v) is 8.60. The lowest BCUT2D eigenvalue weighted by Crippen LogP contribution is -1.86. The smallest absolute Gasteiger partial charge is 0.198 e. The van der Waals surface area contributed by atoms with Crippen molar-refractivity contribution >= 4 is 0 Å². The molecule has 2 heteroatoms. The molecule has 1 heterocycles. The molecule has 0 radical (unpaired) electrons. The second-order valence-electron chi connectivity index (χ2n) is 2.59. The van der Waals surface area contributed by atoms with Gasteiger partial charge in [0, 0.05) is 6.42 Å². The highest BCUT2D eigenvalue weighted by molar-refractivity contribution is 5.17. The monoisotopic (exact) mass is 189 g/mol. The van der Waals surface area contributed by atoms with Gasteiger partial charge in [-0.3, -0.25) is 0 Å². The number of rotatable bonds is 2. The van der Waals surface area contributed by atoms with Crippen molar-refractivity contribution < 1.29 is 4.42 Å². The molecular weight excluding hydrogens is 174 g/mol. The highest BCUT2D eigenvalue weighted by atomic mass is 16.3. The molecule has 0 amide bonds. The largest absolute Gasteiger partial charge is 0.449 e. The number of oxazole rings is 1. The molecule has 0 spiro atoms. The first-order chi connectivity index (χ1) is 6.95. The summed E-state index contributed by atoms with van der Waals surface area (Å²) in [5, 5.41) is 0. The minimum absolute atomic E-state index is 0.765. The molecule has 0 saturated carbocycles. The van der Waals surface area contributed by atoms with Gasteiger partial charge in [-0.05, 0) is 5.56 Å². The van der Waals surface area contributed by atoms with E-state index in [1.54, 1.807) is 12.5 Å². The lowest BCUT2D eigenvalue weighted by atomic mass is 10.2. The van der Waals surface area contributed by atoms with Gasteiger partial charge in [-0.25, -0.2) is 4.98 Å². The second kappa shape index (κ2) is 5.97. The summed E-state index contributed by atoms with van der Waals surface area (Å²) in [6.45, 7) is 4.00. The minimum Gasteiger partial charge on any atom is -0.449 e. The van der Waals surface area contributed by atoms with Crippen molar-refractivity contribution in [3.8, 4) is 0 Å². The molecule has 0 N–H and O–H groups in total. The lowest BCUT2D eigenvalue weighted by molar-refractivity contribution is 0.507. The summed E-state index contributed by atoms with van der Waals surface area (Å²) in [7, 11) is 0. The van der Waals surface area contributed by atoms with Crippen molar-refractivity contribution in [2.75, 3.05) is 0 Å². The van der Waals surface area contributed by atoms with E-state index in [0.29, 0.717) is 0 Å². The van der Waals surface area contributed by atoms with E-state index in [9.17, 15) is 0 Å². The molecule has 2 aromatic rings. The summed E-state index contributed by atoms with van der Waals surface area (Å²) < 4.78 is 5.13. The van der Waals surface area contributed by atoms with E-state index in [0.717, 1.165) is 12.3 Å². The number of hydrogen-bond acceptors (Lipinski definition) is 2. The first kappa shape index (κ1) is 10.5. The molecule has 0 saturated heterocycles. The van der Waals surface area contributed by atoms with Gasteiger partial charge < -0.3 is 4.42 Å². The number of hydrogen-bond donors (Lipinski definition) is 0. The van der Waals surface area contributed by atoms with Crippen molar-refractivity contribution in [3.63, 3.8) is 0 Å². The van der Waals surface area contributed by atoms with Crippen molar-refractivity contribution in [2.24, 2.45) is 0 Å². The van der Waals surface area contributed by atoms with Gasteiger partial charge in [0.15, 0.2) is 5.89 Å². The van der Waals surface area contributed by atoms with Crippen LogP contribution in [0.3, 0.4) is 0 Å². The summed E-state index contributed by atoms with van der Waals surface area (Å²) in [6.07, 6.45) is 4.03. The van der Waals surface area contributed by atoms with Crippen LogP contribution in [0.2, 0.25) is 0 Å². The second-order valence-corrected chi connectivity index (χ2v) is 2.59. The van der Waals surface area contributed by atoms with Crippen LogP contribution in [0.5, 0.6) is 0 Å². The standard InChI is InChI=1S/C10H9NO.C2H6/c1-2-4-9(5-3-1)8-10-11-6-7-12-10;1-2/h1-7H,8H2;1-2H3. The maximum Gasteiger partial charge on any atom is 0.198 e. The van der Waals surface area contributed by atoms with Crippen LogP contribution < -0.4 is 0 Å². The van der Waals surface area contributed by atoms with Gasteiger partial charge in [-0.1, -0.05) is 44.2 Å². The number of benzene rings is 1. The molecule has 0 atom stereocenters. The van der Waals surface area contributed by atoms with Gasteiger partial charge in [0.2, 0.25) is 0 Å². The Morgan fingerprint density at radius 3 is 2.43 bits per heavy atom. The van der Waals surface area contributed by atoms with Crippen LogP contribution >= 0.6 is 0 Å². The van der Waals surface area contributed by atoms with E-state index in [1.165, 1.54) is 5.56 Å². The van der Waals surface area contributed by atoms with Gasteiger partial charge >= 0.3 is 0 Å². The Bertz CT molecular complexity index is 326. The molecule has 2 rings (SSSR count). The van der Waals surface area contributed by atoms with E-state index in [2.05, 4.69) is 17.1 Å². The SMILES string of the molecule is CC.c1ccc(Cc2ncco2)cc1. The van der Waals surface area contributed by atoms with Gasteiger partial charge in [0.25, 0.3) is 0 Å². The fraction of sp³-hybridized carbons (Fsp3) is 0.250. The van der Waals surface area contributed by atoms with Crippen molar-refractivity contribution in [1.29, 1.82) is 0 Å². The molecule has 0 aliphatic heterocycles. The highest BCUT2D eigenvalue weighted by Gasteiger charge is 1.97. The Labute approximate surface area is 84.6 Å². The highest BCUT2D eigenvalue weighted by Crippen LogP contribution is 2.05. The van der Waals surface area contributed by atoms with E-state index in [-0.39, 0.29) is 0 Å². The molecule has 0 fully saturated rings. The molecule has 74 valence electrons. The molecule has 0 aliphatic rings. The average molecular weight is 189 g/mol. The van der Waals surface area contributed by atoms with Gasteiger partial charge in [0.1, 0.15) is 6.26 Å². The first-order valence-corrected chi connectivity index (χ1v) is 4.87. The van der Waals surface area contributed by atoms with Crippen LogP contribution in [-0.2, 0) is 6.42 Å². The Morgan fingerprint density at radius 2 is 1.86 bits per heavy atom. The van der Waals surface area contributed by atoms with Crippen LogP contribution in [0.4, 0.5) is 0 Å². The van der Waals surface area contributed by atoms with Crippen LogP contribution in [-0.4, -0.2) is 4.98 Å². The summed E-state index contributed by atoms with van der Waals surface area (Å²) in [5.74, 6) is 0.765. The van der Waals surface area contributed by atoms with Crippen molar-refractivity contribution in [2.45, 2.75) is 20.3 Å². The van der Waals surface area contributed by atoms with Crippen LogP contribution in [0.25, 0.3) is 0 Å². The third-order valence-corrected chi connectivity index (χ3v) is 1.68. The summed E-state index contributed by atoms with van der Waals surface area (Å²) in [4.78, 5) is 4.04. The maximum atomic E-state index is 5.13. The zero-order chi connectivity index (χ0) is 10.2. The van der Waals surface area contributed by atoms with Crippen molar-refractivity contribution in [1.82, 2.24) is 4.98 Å². The Morgan fingerprint density at radius 1 is 1.14 bits per heavy atom. The molecular formula is C12H15NO. The Kier molecular flexibility index (Phi) is 4.48. The molecule has 0 aliphatic carbocycles. The minimum atomic E-state index is 0.765. The predicted molar refractivity (Wildman–Crippen MR) is 57.1 cm³/mol. The van der Waals surface area contributed by atoms with E-state index >= 15 is 0 Å². The lowest BCUT2D eigenvalue weighted by Gasteiger charge is -1.94. The van der Waals surface area contributed by atoms with E-state index in [1.807, 2.05) is 32.0 Å². The number of aromatic nitrogens is 1. The third kappa shape index (κ3) is 3.05. The maximum absolute atomic E-state index is 5.13. The van der Waals surface area contributed by atoms with Gasteiger partial charge in [-0.2, -0.15) is 0 Å². The first-order valence-electron chi connectivity index (χ1n) is 4.87. The topological polar surface area (TPSA) is 26.0 Å². The fourth-order valence-corrected chi connectivity index (χ4v) is 1.11. The third-order valence-electron chi connectivity index (χ3n) is 1.68. The molecule has 14 heavy (non-hydrogen) atoms. The quantitative estimate of drug-likeness (QED) is 0.724. The van der Waals surface area contributed by atoms with Crippen LogP contribution in [0, 0.1) is 0 Å². The predicted octanol–water partition coefficient (Wildman–Crippen LogP) is 3.29. The Balaban J connectivity index is 0.000000461. The van der Waals surface area contributed by atoms with E-state index in [4.69, 9.17) is 4.42 Å². The van der Waals surface area contributed by atoms with Gasteiger partial charge in [-0.15, -0.1) is 0 Å². The molecule has 2 nitrogen and oxygen atoms in total. The van der Waals surface area contributed by atoms with E-state index < -0.39 is 0 Å². The summed E-state index contributed by atoms with van der Waals surface area (Å²) >= 11 is 0. The fourth-order valence-electron chi connectivity index (χ4n) is 1.11. The molecule has 1 aromatic heterocycles. The average Bonchev–Trinajstić information content (AvgIpc) is 2.75. The summed E-state index contributed by atoms with van der Waals surface area (Å²) in [6, 6.07) is 10.1. The van der Waals surface area contributed by atoms with Gasteiger partial charge in [0.05, 0.1) is 6.20 Å². The van der Waals surface area contributed by atoms with Crippen LogP contribution in [0.15, 0.2) is 47.2 Å². The molecule has 0 bridgehead atoms.